The molecule has 0 atom stereocenters. The molecule has 0 aliphatic carbocycles. The van der Waals surface area contributed by atoms with Gasteiger partial charge in [0.2, 0.25) is 0 Å². The number of aliphatic hydroxyl groups excluding tert-OH is 1. The molecule has 0 saturated carbocycles. The number of aliphatic hydroxyl groups is 1. The van der Waals surface area contributed by atoms with Gasteiger partial charge in [-0.2, -0.15) is 5.10 Å². The fraction of sp³-hybridized carbons (Fsp3) is 0.250. The fourth-order valence-electron chi connectivity index (χ4n) is 1.55. The van der Waals surface area contributed by atoms with Crippen molar-refractivity contribution in [1.82, 2.24) is 9.78 Å². The average Bonchev–Trinajstić information content (AvgIpc) is 2.63. The molecule has 0 spiro atoms. The molecular formula is C12H13BrN2O. The molecule has 2 aromatic rings. The van der Waals surface area contributed by atoms with E-state index in [9.17, 15) is 5.11 Å². The second-order valence-corrected chi connectivity index (χ2v) is 4.59. The van der Waals surface area contributed by atoms with E-state index in [-0.39, 0.29) is 6.61 Å². The molecular weight excluding hydrogens is 268 g/mol. The maximum Gasteiger partial charge on any atom is 0.0861 e. The van der Waals surface area contributed by atoms with Gasteiger partial charge in [0.15, 0.2) is 0 Å². The number of halogens is 1. The Bertz CT molecular complexity index is 476. The number of hydrogen-bond acceptors (Lipinski definition) is 2. The van der Waals surface area contributed by atoms with E-state index >= 15 is 0 Å². The van der Waals surface area contributed by atoms with Crippen LogP contribution in [0, 0.1) is 6.92 Å². The zero-order valence-electron chi connectivity index (χ0n) is 9.02. The fourth-order valence-corrected chi connectivity index (χ4v) is 1.97. The van der Waals surface area contributed by atoms with Crippen LogP contribution in [0.2, 0.25) is 0 Å². The first-order valence-corrected chi connectivity index (χ1v) is 5.86. The van der Waals surface area contributed by atoms with Crippen LogP contribution in [-0.2, 0) is 13.2 Å². The lowest BCUT2D eigenvalue weighted by Crippen LogP contribution is -2.06. The van der Waals surface area contributed by atoms with Gasteiger partial charge in [0.1, 0.15) is 0 Å². The van der Waals surface area contributed by atoms with Gasteiger partial charge in [-0.1, -0.05) is 29.8 Å². The van der Waals surface area contributed by atoms with Gasteiger partial charge in [0.25, 0.3) is 0 Å². The van der Waals surface area contributed by atoms with E-state index < -0.39 is 0 Å². The largest absolute Gasteiger partial charge is 0.390 e. The SMILES string of the molecule is Cc1ccc(Cn2ncc(Br)c2CO)cc1. The predicted molar refractivity (Wildman–Crippen MR) is 66.1 cm³/mol. The van der Waals surface area contributed by atoms with Gasteiger partial charge in [-0.05, 0) is 28.4 Å². The van der Waals surface area contributed by atoms with Gasteiger partial charge in [-0.3, -0.25) is 4.68 Å². The van der Waals surface area contributed by atoms with E-state index in [2.05, 4.69) is 52.2 Å². The van der Waals surface area contributed by atoms with Crippen LogP contribution in [0.3, 0.4) is 0 Å². The lowest BCUT2D eigenvalue weighted by atomic mass is 10.1. The highest BCUT2D eigenvalue weighted by Crippen LogP contribution is 2.17. The van der Waals surface area contributed by atoms with Crippen LogP contribution in [0.25, 0.3) is 0 Å². The molecule has 0 fully saturated rings. The summed E-state index contributed by atoms with van der Waals surface area (Å²) in [5.74, 6) is 0. The Labute approximate surface area is 103 Å². The minimum absolute atomic E-state index is 0.00750. The molecule has 1 aromatic heterocycles. The molecule has 0 radical (unpaired) electrons. The molecule has 1 heterocycles. The van der Waals surface area contributed by atoms with Gasteiger partial charge in [-0.25, -0.2) is 0 Å². The monoisotopic (exact) mass is 280 g/mol. The van der Waals surface area contributed by atoms with Crippen LogP contribution in [0.1, 0.15) is 16.8 Å². The van der Waals surface area contributed by atoms with E-state index in [1.54, 1.807) is 10.9 Å². The van der Waals surface area contributed by atoms with Crippen LogP contribution in [0.5, 0.6) is 0 Å². The van der Waals surface area contributed by atoms with Crippen LogP contribution in [0.15, 0.2) is 34.9 Å². The summed E-state index contributed by atoms with van der Waals surface area (Å²) in [5, 5.41) is 13.4. The Morgan fingerprint density at radius 1 is 1.31 bits per heavy atom. The van der Waals surface area contributed by atoms with Crippen molar-refractivity contribution in [2.75, 3.05) is 0 Å². The third kappa shape index (κ3) is 2.33. The number of aromatic nitrogens is 2. The topological polar surface area (TPSA) is 38.0 Å². The normalized spacial score (nSPS) is 10.7. The van der Waals surface area contributed by atoms with Crippen molar-refractivity contribution in [2.45, 2.75) is 20.1 Å². The summed E-state index contributed by atoms with van der Waals surface area (Å²) in [7, 11) is 0. The number of hydrogen-bond donors (Lipinski definition) is 1. The van der Waals surface area contributed by atoms with E-state index in [4.69, 9.17) is 0 Å². The Balaban J connectivity index is 2.23. The molecule has 16 heavy (non-hydrogen) atoms. The molecule has 4 heteroatoms. The third-order valence-corrected chi connectivity index (χ3v) is 3.16. The van der Waals surface area contributed by atoms with Crippen molar-refractivity contribution in [3.8, 4) is 0 Å². The van der Waals surface area contributed by atoms with Crippen LogP contribution in [0.4, 0.5) is 0 Å². The lowest BCUT2D eigenvalue weighted by Gasteiger charge is -2.06. The summed E-state index contributed by atoms with van der Waals surface area (Å²) in [4.78, 5) is 0. The molecule has 2 rings (SSSR count). The van der Waals surface area contributed by atoms with Crippen molar-refractivity contribution in [1.29, 1.82) is 0 Å². The molecule has 1 N–H and O–H groups in total. The Hall–Kier alpha value is -1.13. The quantitative estimate of drug-likeness (QED) is 0.938. The van der Waals surface area contributed by atoms with Gasteiger partial charge in [0.05, 0.1) is 29.5 Å². The number of aryl methyl sites for hydroxylation is 1. The summed E-state index contributed by atoms with van der Waals surface area (Å²) in [6.07, 6.45) is 1.71. The molecule has 84 valence electrons. The second kappa shape index (κ2) is 4.80. The van der Waals surface area contributed by atoms with E-state index in [1.807, 2.05) is 0 Å². The maximum absolute atomic E-state index is 9.22. The number of nitrogens with zero attached hydrogens (tertiary/aromatic N) is 2. The van der Waals surface area contributed by atoms with Gasteiger partial charge >= 0.3 is 0 Å². The minimum Gasteiger partial charge on any atom is -0.390 e. The predicted octanol–water partition coefficient (Wildman–Crippen LogP) is 2.49. The average molecular weight is 281 g/mol. The van der Waals surface area contributed by atoms with Gasteiger partial charge < -0.3 is 5.11 Å². The molecule has 0 aliphatic rings. The van der Waals surface area contributed by atoms with Crippen LogP contribution in [-0.4, -0.2) is 14.9 Å². The molecule has 0 bridgehead atoms. The maximum atomic E-state index is 9.22. The molecule has 1 aromatic carbocycles. The first-order valence-electron chi connectivity index (χ1n) is 5.07. The molecule has 0 amide bonds. The van der Waals surface area contributed by atoms with Crippen molar-refractivity contribution in [3.05, 3.63) is 51.8 Å². The second-order valence-electron chi connectivity index (χ2n) is 3.74. The summed E-state index contributed by atoms with van der Waals surface area (Å²) < 4.78 is 2.65. The first kappa shape index (κ1) is 11.4. The van der Waals surface area contributed by atoms with E-state index in [0.717, 1.165) is 10.2 Å². The summed E-state index contributed by atoms with van der Waals surface area (Å²) in [6, 6.07) is 8.30. The lowest BCUT2D eigenvalue weighted by molar-refractivity contribution is 0.268. The standard InChI is InChI=1S/C12H13BrN2O/c1-9-2-4-10(5-3-9)7-15-12(8-16)11(13)6-14-15/h2-6,16H,7-8H2,1H3. The van der Waals surface area contributed by atoms with Crippen molar-refractivity contribution in [2.24, 2.45) is 0 Å². The zero-order valence-corrected chi connectivity index (χ0v) is 10.6. The molecule has 0 aliphatic heterocycles. The smallest absolute Gasteiger partial charge is 0.0861 e. The minimum atomic E-state index is -0.00750. The van der Waals surface area contributed by atoms with Crippen molar-refractivity contribution >= 4 is 15.9 Å². The summed E-state index contributed by atoms with van der Waals surface area (Å²) >= 11 is 3.36. The highest BCUT2D eigenvalue weighted by atomic mass is 79.9. The van der Waals surface area contributed by atoms with Gasteiger partial charge in [-0.15, -0.1) is 0 Å². The van der Waals surface area contributed by atoms with Crippen LogP contribution < -0.4 is 0 Å². The zero-order chi connectivity index (χ0) is 11.5. The molecule has 0 saturated heterocycles. The van der Waals surface area contributed by atoms with E-state index in [0.29, 0.717) is 6.54 Å². The number of benzene rings is 1. The molecule has 3 nitrogen and oxygen atoms in total. The number of rotatable bonds is 3. The van der Waals surface area contributed by atoms with Crippen molar-refractivity contribution < 1.29 is 5.11 Å². The highest BCUT2D eigenvalue weighted by molar-refractivity contribution is 9.10. The van der Waals surface area contributed by atoms with E-state index in [1.165, 1.54) is 11.1 Å². The Morgan fingerprint density at radius 3 is 2.62 bits per heavy atom. The van der Waals surface area contributed by atoms with Crippen LogP contribution >= 0.6 is 15.9 Å². The summed E-state index contributed by atoms with van der Waals surface area (Å²) in [6.45, 7) is 2.74. The highest BCUT2D eigenvalue weighted by Gasteiger charge is 2.07. The Kier molecular flexibility index (Phi) is 3.41. The summed E-state index contributed by atoms with van der Waals surface area (Å²) in [5.41, 5.74) is 3.23. The molecule has 0 unspecified atom stereocenters. The first-order chi connectivity index (χ1) is 7.70. The van der Waals surface area contributed by atoms with Crippen molar-refractivity contribution in [3.63, 3.8) is 0 Å². The van der Waals surface area contributed by atoms with Gasteiger partial charge in [0, 0.05) is 0 Å². The third-order valence-electron chi connectivity index (χ3n) is 2.50. The Morgan fingerprint density at radius 2 is 2.00 bits per heavy atom.